The van der Waals surface area contributed by atoms with E-state index in [9.17, 15) is 13.2 Å². The Balaban J connectivity index is 2.28. The van der Waals surface area contributed by atoms with E-state index >= 15 is 0 Å². The smallest absolute Gasteiger partial charge is 0.335 e. The first-order valence-corrected chi connectivity index (χ1v) is 8.77. The van der Waals surface area contributed by atoms with Crippen LogP contribution in [0.2, 0.25) is 0 Å². The van der Waals surface area contributed by atoms with E-state index in [-0.39, 0.29) is 10.5 Å². The number of benzene rings is 2. The number of aryl methyl sites for hydroxylation is 2. The molecule has 2 aromatic carbocycles. The Morgan fingerprint density at radius 3 is 2.35 bits per heavy atom. The Morgan fingerprint density at radius 1 is 1.13 bits per heavy atom. The number of anilines is 1. The average molecular weight is 333 g/mol. The molecule has 2 N–H and O–H groups in total. The van der Waals surface area contributed by atoms with Gasteiger partial charge in [0.1, 0.15) is 0 Å². The maximum absolute atomic E-state index is 12.4. The lowest BCUT2D eigenvalue weighted by Crippen LogP contribution is -2.14. The van der Waals surface area contributed by atoms with Crippen LogP contribution in [0.25, 0.3) is 0 Å². The normalized spacial score (nSPS) is 11.2. The van der Waals surface area contributed by atoms with Crippen LogP contribution in [0.5, 0.6) is 0 Å². The Kier molecular flexibility index (Phi) is 5.05. The Hall–Kier alpha value is -2.34. The van der Waals surface area contributed by atoms with Crippen LogP contribution in [-0.2, 0) is 16.4 Å². The molecule has 0 saturated carbocycles. The van der Waals surface area contributed by atoms with Crippen molar-refractivity contribution in [2.24, 2.45) is 0 Å². The van der Waals surface area contributed by atoms with E-state index in [0.717, 1.165) is 18.4 Å². The summed E-state index contributed by atoms with van der Waals surface area (Å²) >= 11 is 0. The zero-order valence-corrected chi connectivity index (χ0v) is 13.9. The van der Waals surface area contributed by atoms with E-state index in [1.54, 1.807) is 19.1 Å². The SMILES string of the molecule is CCCc1ccc(NS(=O)(=O)c2ccc(C)c(C(=O)O)c2)cc1. The van der Waals surface area contributed by atoms with Crippen LogP contribution in [0.15, 0.2) is 47.4 Å². The lowest BCUT2D eigenvalue weighted by Gasteiger charge is -2.10. The van der Waals surface area contributed by atoms with Crippen molar-refractivity contribution in [3.8, 4) is 0 Å². The van der Waals surface area contributed by atoms with E-state index in [4.69, 9.17) is 5.11 Å². The monoisotopic (exact) mass is 333 g/mol. The van der Waals surface area contributed by atoms with Crippen molar-refractivity contribution in [3.05, 3.63) is 59.2 Å². The summed E-state index contributed by atoms with van der Waals surface area (Å²) in [6.45, 7) is 3.70. The van der Waals surface area contributed by atoms with Gasteiger partial charge in [0.15, 0.2) is 0 Å². The summed E-state index contributed by atoms with van der Waals surface area (Å²) in [7, 11) is -3.82. The third kappa shape index (κ3) is 4.10. The number of aromatic carboxylic acids is 1. The fourth-order valence-electron chi connectivity index (χ4n) is 2.24. The third-order valence-electron chi connectivity index (χ3n) is 3.49. The minimum Gasteiger partial charge on any atom is -0.478 e. The second-order valence-corrected chi connectivity index (χ2v) is 7.02. The molecule has 0 heterocycles. The molecule has 6 heteroatoms. The van der Waals surface area contributed by atoms with E-state index in [1.165, 1.54) is 18.2 Å². The second-order valence-electron chi connectivity index (χ2n) is 5.33. The van der Waals surface area contributed by atoms with Crippen molar-refractivity contribution in [1.29, 1.82) is 0 Å². The summed E-state index contributed by atoms with van der Waals surface area (Å²) in [6.07, 6.45) is 1.96. The van der Waals surface area contributed by atoms with Crippen LogP contribution < -0.4 is 4.72 Å². The van der Waals surface area contributed by atoms with Gasteiger partial charge < -0.3 is 5.11 Å². The van der Waals surface area contributed by atoms with Crippen molar-refractivity contribution in [1.82, 2.24) is 0 Å². The lowest BCUT2D eigenvalue weighted by molar-refractivity contribution is 0.0696. The minimum atomic E-state index is -3.82. The number of carboxylic acids is 1. The molecule has 0 aromatic heterocycles. The molecule has 0 fully saturated rings. The predicted molar refractivity (Wildman–Crippen MR) is 89.4 cm³/mol. The summed E-state index contributed by atoms with van der Waals surface area (Å²) in [4.78, 5) is 11.1. The van der Waals surface area contributed by atoms with Gasteiger partial charge in [-0.3, -0.25) is 4.72 Å². The number of nitrogens with one attached hydrogen (secondary N) is 1. The van der Waals surface area contributed by atoms with E-state index < -0.39 is 16.0 Å². The van der Waals surface area contributed by atoms with Crippen LogP contribution in [0, 0.1) is 6.92 Å². The van der Waals surface area contributed by atoms with Crippen LogP contribution >= 0.6 is 0 Å². The van der Waals surface area contributed by atoms with Gasteiger partial charge in [-0.25, -0.2) is 13.2 Å². The quantitative estimate of drug-likeness (QED) is 0.848. The standard InChI is InChI=1S/C17H19NO4S/c1-3-4-13-6-8-14(9-7-13)18-23(21,22)15-10-5-12(2)16(11-15)17(19)20/h5-11,18H,3-4H2,1-2H3,(H,19,20). The van der Waals surface area contributed by atoms with Crippen molar-refractivity contribution in [3.63, 3.8) is 0 Å². The van der Waals surface area contributed by atoms with Gasteiger partial charge in [-0.15, -0.1) is 0 Å². The zero-order chi connectivity index (χ0) is 17.0. The predicted octanol–water partition coefficient (Wildman–Crippen LogP) is 3.45. The van der Waals surface area contributed by atoms with Crippen LogP contribution in [-0.4, -0.2) is 19.5 Å². The molecule has 0 bridgehead atoms. The molecule has 2 aromatic rings. The number of hydrogen-bond donors (Lipinski definition) is 2. The van der Waals surface area contributed by atoms with Crippen molar-refractivity contribution >= 4 is 21.7 Å². The Bertz CT molecular complexity index is 811. The number of carboxylic acid groups (broad SMARTS) is 1. The molecule has 5 nitrogen and oxygen atoms in total. The van der Waals surface area contributed by atoms with E-state index in [1.807, 2.05) is 12.1 Å². The first-order chi connectivity index (χ1) is 10.8. The average Bonchev–Trinajstić information content (AvgIpc) is 2.49. The van der Waals surface area contributed by atoms with Crippen LogP contribution in [0.3, 0.4) is 0 Å². The van der Waals surface area contributed by atoms with Crippen LogP contribution in [0.1, 0.15) is 34.8 Å². The first-order valence-electron chi connectivity index (χ1n) is 7.29. The second kappa shape index (κ2) is 6.83. The summed E-state index contributed by atoms with van der Waals surface area (Å²) in [6, 6.07) is 11.2. The van der Waals surface area contributed by atoms with Gasteiger partial charge in [-0.1, -0.05) is 31.5 Å². The molecular weight excluding hydrogens is 314 g/mol. The fourth-order valence-corrected chi connectivity index (χ4v) is 3.33. The van der Waals surface area contributed by atoms with Gasteiger partial charge in [0.25, 0.3) is 10.0 Å². The summed E-state index contributed by atoms with van der Waals surface area (Å²) in [5.74, 6) is -1.15. The molecule has 0 atom stereocenters. The highest BCUT2D eigenvalue weighted by Gasteiger charge is 2.17. The molecule has 0 radical (unpaired) electrons. The molecule has 0 spiro atoms. The first kappa shape index (κ1) is 17.0. The van der Waals surface area contributed by atoms with Gasteiger partial charge in [0.2, 0.25) is 0 Å². The molecular formula is C17H19NO4S. The molecule has 2 rings (SSSR count). The molecule has 0 aliphatic rings. The largest absolute Gasteiger partial charge is 0.478 e. The number of rotatable bonds is 6. The van der Waals surface area contributed by atoms with Crippen molar-refractivity contribution in [2.45, 2.75) is 31.6 Å². The van der Waals surface area contributed by atoms with E-state index in [2.05, 4.69) is 11.6 Å². The summed E-state index contributed by atoms with van der Waals surface area (Å²) < 4.78 is 27.3. The Morgan fingerprint density at radius 2 is 1.78 bits per heavy atom. The van der Waals surface area contributed by atoms with Gasteiger partial charge in [0.05, 0.1) is 10.5 Å². The highest BCUT2D eigenvalue weighted by molar-refractivity contribution is 7.92. The molecule has 0 unspecified atom stereocenters. The van der Waals surface area contributed by atoms with Crippen LogP contribution in [0.4, 0.5) is 5.69 Å². The van der Waals surface area contributed by atoms with Gasteiger partial charge in [-0.2, -0.15) is 0 Å². The molecule has 0 aliphatic carbocycles. The topological polar surface area (TPSA) is 83.5 Å². The highest BCUT2D eigenvalue weighted by atomic mass is 32.2. The lowest BCUT2D eigenvalue weighted by atomic mass is 10.1. The third-order valence-corrected chi connectivity index (χ3v) is 4.87. The Labute approximate surface area is 136 Å². The fraction of sp³-hybridized carbons (Fsp3) is 0.235. The molecule has 0 aliphatic heterocycles. The zero-order valence-electron chi connectivity index (χ0n) is 13.0. The van der Waals surface area contributed by atoms with Crippen molar-refractivity contribution in [2.75, 3.05) is 4.72 Å². The maximum atomic E-state index is 12.4. The summed E-state index contributed by atoms with van der Waals surface area (Å²) in [5.41, 5.74) is 2.08. The van der Waals surface area contributed by atoms with Gasteiger partial charge in [0, 0.05) is 5.69 Å². The molecule has 0 amide bonds. The number of hydrogen-bond acceptors (Lipinski definition) is 3. The van der Waals surface area contributed by atoms with E-state index in [0.29, 0.717) is 11.3 Å². The molecule has 23 heavy (non-hydrogen) atoms. The number of carbonyl (C=O) groups is 1. The minimum absolute atomic E-state index is 0.0221. The maximum Gasteiger partial charge on any atom is 0.335 e. The molecule has 122 valence electrons. The molecule has 0 saturated heterocycles. The summed E-state index contributed by atoms with van der Waals surface area (Å²) in [5, 5.41) is 9.11. The van der Waals surface area contributed by atoms with Gasteiger partial charge >= 0.3 is 5.97 Å². The highest BCUT2D eigenvalue weighted by Crippen LogP contribution is 2.20. The number of sulfonamides is 1. The van der Waals surface area contributed by atoms with Crippen molar-refractivity contribution < 1.29 is 18.3 Å². The van der Waals surface area contributed by atoms with Gasteiger partial charge in [-0.05, 0) is 48.7 Å².